The number of carbonyl (C=O) groups is 2. The molecule has 26 heavy (non-hydrogen) atoms. The normalized spacial score (nSPS) is 17.3. The Morgan fingerprint density at radius 3 is 2.77 bits per heavy atom. The van der Waals surface area contributed by atoms with E-state index in [1.807, 2.05) is 0 Å². The van der Waals surface area contributed by atoms with Crippen LogP contribution in [0.2, 0.25) is 5.02 Å². The highest BCUT2D eigenvalue weighted by Gasteiger charge is 2.30. The molecule has 1 fully saturated rings. The van der Waals surface area contributed by atoms with Crippen molar-refractivity contribution in [3.8, 4) is 11.5 Å². The van der Waals surface area contributed by atoms with E-state index in [4.69, 9.17) is 30.9 Å². The van der Waals surface area contributed by atoms with Crippen molar-refractivity contribution in [3.63, 3.8) is 0 Å². The van der Waals surface area contributed by atoms with E-state index < -0.39 is 12.1 Å². The van der Waals surface area contributed by atoms with Crippen LogP contribution in [-0.4, -0.2) is 61.4 Å². The number of rotatable bonds is 7. The minimum Gasteiger partial charge on any atom is -0.493 e. The third kappa shape index (κ3) is 5.02. The Kier molecular flexibility index (Phi) is 7.11. The predicted octanol–water partition coefficient (Wildman–Crippen LogP) is 2.70. The molecule has 1 aliphatic rings. The van der Waals surface area contributed by atoms with Gasteiger partial charge in [0, 0.05) is 12.1 Å². The second-order valence-electron chi connectivity index (χ2n) is 6.47. The molecule has 0 aliphatic carbocycles. The van der Waals surface area contributed by atoms with Gasteiger partial charge in [0.15, 0.2) is 17.6 Å². The Balaban J connectivity index is 2.17. The average Bonchev–Trinajstić information content (AvgIpc) is 2.61. The molecule has 0 radical (unpaired) electrons. The van der Waals surface area contributed by atoms with E-state index in [0.29, 0.717) is 36.1 Å². The molecule has 1 heterocycles. The highest BCUT2D eigenvalue weighted by Crippen LogP contribution is 2.37. The fourth-order valence-corrected chi connectivity index (χ4v) is 2.81. The van der Waals surface area contributed by atoms with Crippen LogP contribution in [0.25, 0.3) is 0 Å². The van der Waals surface area contributed by atoms with E-state index in [1.54, 1.807) is 6.07 Å². The molecule has 1 aliphatic heterocycles. The van der Waals surface area contributed by atoms with Crippen LogP contribution in [0.1, 0.15) is 30.6 Å². The van der Waals surface area contributed by atoms with Crippen LogP contribution in [-0.2, 0) is 9.53 Å². The maximum Gasteiger partial charge on any atom is 0.334 e. The molecule has 1 saturated heterocycles. The second kappa shape index (κ2) is 9.09. The number of carboxylic acids is 1. The summed E-state index contributed by atoms with van der Waals surface area (Å²) >= 11 is 6.30. The van der Waals surface area contributed by atoms with Crippen molar-refractivity contribution in [2.45, 2.75) is 26.4 Å². The van der Waals surface area contributed by atoms with Crippen LogP contribution in [0.3, 0.4) is 0 Å². The topological polar surface area (TPSA) is 85.3 Å². The minimum atomic E-state index is -1.09. The third-order valence-corrected chi connectivity index (χ3v) is 4.33. The van der Waals surface area contributed by atoms with Gasteiger partial charge in [-0.05, 0) is 24.5 Å². The molecule has 0 saturated carbocycles. The number of halogens is 1. The Hall–Kier alpha value is -1.99. The summed E-state index contributed by atoms with van der Waals surface area (Å²) in [6.07, 6.45) is -0.159. The van der Waals surface area contributed by atoms with Crippen molar-refractivity contribution in [2.24, 2.45) is 5.92 Å². The molecular weight excluding hydrogens is 362 g/mol. The Labute approximate surface area is 157 Å². The monoisotopic (exact) mass is 385 g/mol. The minimum absolute atomic E-state index is 0.0132. The van der Waals surface area contributed by atoms with E-state index >= 15 is 0 Å². The third-order valence-electron chi connectivity index (χ3n) is 4.05. The number of morpholine rings is 1. The molecule has 0 aromatic heterocycles. The van der Waals surface area contributed by atoms with Gasteiger partial charge < -0.3 is 24.2 Å². The Morgan fingerprint density at radius 1 is 1.42 bits per heavy atom. The van der Waals surface area contributed by atoms with E-state index in [0.717, 1.165) is 6.42 Å². The molecular formula is C18H24ClNO6. The van der Waals surface area contributed by atoms with Gasteiger partial charge in [-0.1, -0.05) is 25.4 Å². The summed E-state index contributed by atoms with van der Waals surface area (Å²) in [6.45, 7) is 5.15. The van der Waals surface area contributed by atoms with Gasteiger partial charge in [-0.2, -0.15) is 0 Å². The standard InChI is InChI=1S/C18H24ClNO6/c1-11(2)4-6-26-16-13(19)8-12(9-14(16)24-3)17(21)20-5-7-25-15(10-20)18(22)23/h8-9,11,15H,4-7,10H2,1-3H3,(H,22,23)/t15-/m1/s1. The average molecular weight is 386 g/mol. The lowest BCUT2D eigenvalue weighted by atomic mass is 10.1. The zero-order valence-corrected chi connectivity index (χ0v) is 15.9. The van der Waals surface area contributed by atoms with Crippen LogP contribution in [0.15, 0.2) is 12.1 Å². The summed E-state index contributed by atoms with van der Waals surface area (Å²) in [5.74, 6) is -0.158. The number of carboxylic acid groups (broad SMARTS) is 1. The summed E-state index contributed by atoms with van der Waals surface area (Å²) in [5, 5.41) is 9.35. The quantitative estimate of drug-likeness (QED) is 0.776. The van der Waals surface area contributed by atoms with E-state index in [2.05, 4.69) is 13.8 Å². The summed E-state index contributed by atoms with van der Waals surface area (Å²) in [6, 6.07) is 3.08. The lowest BCUT2D eigenvalue weighted by Gasteiger charge is -2.31. The molecule has 0 spiro atoms. The number of methoxy groups -OCH3 is 1. The fourth-order valence-electron chi connectivity index (χ4n) is 2.55. The first-order valence-corrected chi connectivity index (χ1v) is 8.85. The van der Waals surface area contributed by atoms with E-state index in [1.165, 1.54) is 18.1 Å². The fraction of sp³-hybridized carbons (Fsp3) is 0.556. The van der Waals surface area contributed by atoms with Crippen molar-refractivity contribution >= 4 is 23.5 Å². The lowest BCUT2D eigenvalue weighted by molar-refractivity contribution is -0.154. The van der Waals surface area contributed by atoms with Crippen LogP contribution >= 0.6 is 11.6 Å². The number of hydrogen-bond acceptors (Lipinski definition) is 5. The highest BCUT2D eigenvalue weighted by molar-refractivity contribution is 6.32. The summed E-state index contributed by atoms with van der Waals surface area (Å²) in [4.78, 5) is 25.2. The highest BCUT2D eigenvalue weighted by atomic mass is 35.5. The molecule has 1 N–H and O–H groups in total. The molecule has 7 nitrogen and oxygen atoms in total. The molecule has 2 rings (SSSR count). The van der Waals surface area contributed by atoms with Crippen LogP contribution in [0.5, 0.6) is 11.5 Å². The number of benzene rings is 1. The van der Waals surface area contributed by atoms with E-state index in [-0.39, 0.29) is 24.1 Å². The maximum absolute atomic E-state index is 12.7. The van der Waals surface area contributed by atoms with Crippen LogP contribution in [0, 0.1) is 5.92 Å². The van der Waals surface area contributed by atoms with Crippen molar-refractivity contribution < 1.29 is 28.9 Å². The number of aliphatic carboxylic acids is 1. The molecule has 0 bridgehead atoms. The maximum atomic E-state index is 12.7. The van der Waals surface area contributed by atoms with Gasteiger partial charge >= 0.3 is 5.97 Å². The van der Waals surface area contributed by atoms with Crippen LogP contribution < -0.4 is 9.47 Å². The number of nitrogens with zero attached hydrogens (tertiary/aromatic N) is 1. The number of hydrogen-bond donors (Lipinski definition) is 1. The zero-order valence-electron chi connectivity index (χ0n) is 15.2. The largest absolute Gasteiger partial charge is 0.493 e. The lowest BCUT2D eigenvalue weighted by Crippen LogP contribution is -2.48. The van der Waals surface area contributed by atoms with E-state index in [9.17, 15) is 9.59 Å². The smallest absolute Gasteiger partial charge is 0.334 e. The summed E-state index contributed by atoms with van der Waals surface area (Å²) < 4.78 is 16.2. The number of carbonyl (C=O) groups excluding carboxylic acids is 1. The molecule has 8 heteroatoms. The van der Waals surface area contributed by atoms with Crippen molar-refractivity contribution in [1.29, 1.82) is 0 Å². The molecule has 1 amide bonds. The van der Waals surface area contributed by atoms with Crippen molar-refractivity contribution in [3.05, 3.63) is 22.7 Å². The predicted molar refractivity (Wildman–Crippen MR) is 96.2 cm³/mol. The van der Waals surface area contributed by atoms with Gasteiger partial charge in [0.2, 0.25) is 0 Å². The zero-order chi connectivity index (χ0) is 19.3. The van der Waals surface area contributed by atoms with Gasteiger partial charge in [0.1, 0.15) is 0 Å². The van der Waals surface area contributed by atoms with Gasteiger partial charge in [-0.15, -0.1) is 0 Å². The molecule has 0 unspecified atom stereocenters. The molecule has 1 aromatic rings. The van der Waals surface area contributed by atoms with Gasteiger partial charge in [-0.25, -0.2) is 4.79 Å². The van der Waals surface area contributed by atoms with Gasteiger partial charge in [-0.3, -0.25) is 4.79 Å². The molecule has 144 valence electrons. The summed E-state index contributed by atoms with van der Waals surface area (Å²) in [7, 11) is 1.48. The first-order valence-electron chi connectivity index (χ1n) is 8.47. The first-order chi connectivity index (χ1) is 12.3. The Morgan fingerprint density at radius 2 is 2.15 bits per heavy atom. The SMILES string of the molecule is COc1cc(C(=O)N2CCO[C@@H](C(=O)O)C2)cc(Cl)c1OCCC(C)C. The Bertz CT molecular complexity index is 663. The van der Waals surface area contributed by atoms with Crippen molar-refractivity contribution in [2.75, 3.05) is 33.4 Å². The first kappa shape index (κ1) is 20.3. The van der Waals surface area contributed by atoms with Crippen LogP contribution in [0.4, 0.5) is 0 Å². The van der Waals surface area contributed by atoms with Crippen molar-refractivity contribution in [1.82, 2.24) is 4.90 Å². The number of ether oxygens (including phenoxy) is 3. The second-order valence-corrected chi connectivity index (χ2v) is 6.88. The van der Waals surface area contributed by atoms with Gasteiger partial charge in [0.05, 0.1) is 31.9 Å². The van der Waals surface area contributed by atoms with Gasteiger partial charge in [0.25, 0.3) is 5.91 Å². The summed E-state index contributed by atoms with van der Waals surface area (Å²) in [5.41, 5.74) is 0.314. The molecule has 1 atom stereocenters. The number of amides is 1. The molecule has 1 aromatic carbocycles.